The first-order chi connectivity index (χ1) is 2.30. The second-order valence-corrected chi connectivity index (χ2v) is 1.30. The summed E-state index contributed by atoms with van der Waals surface area (Å²) in [5.41, 5.74) is 5.19. The molecule has 1 aliphatic heterocycles. The molecule has 0 bridgehead atoms. The highest BCUT2D eigenvalue weighted by Crippen LogP contribution is 1.98. The molecule has 2 atom stereocenters. The van der Waals surface area contributed by atoms with E-state index < -0.39 is 0 Å². The van der Waals surface area contributed by atoms with Gasteiger partial charge in [-0.1, -0.05) is 0 Å². The summed E-state index contributed by atoms with van der Waals surface area (Å²) in [6, 6.07) is 0.329. The molecule has 3 N–H and O–H groups in total. The highest BCUT2D eigenvalue weighted by Gasteiger charge is 2.25. The van der Waals surface area contributed by atoms with Gasteiger partial charge < -0.3 is 5.73 Å². The van der Waals surface area contributed by atoms with E-state index in [-0.39, 0.29) is 6.17 Å². The Morgan fingerprint density at radius 2 is 2.00 bits per heavy atom. The van der Waals surface area contributed by atoms with Gasteiger partial charge >= 0.3 is 0 Å². The van der Waals surface area contributed by atoms with E-state index in [9.17, 15) is 0 Å². The van der Waals surface area contributed by atoms with Crippen molar-refractivity contribution < 1.29 is 0 Å². The second-order valence-electron chi connectivity index (χ2n) is 1.30. The molecule has 2 unspecified atom stereocenters. The predicted molar refractivity (Wildman–Crippen MR) is 20.3 cm³/mol. The monoisotopic (exact) mass is 71.1 g/mol. The minimum atomic E-state index is 0.190. The van der Waals surface area contributed by atoms with E-state index in [1.54, 1.807) is 0 Å². The molecule has 1 rings (SSSR count). The summed E-state index contributed by atoms with van der Waals surface area (Å²) in [5.74, 6) is 0. The summed E-state index contributed by atoms with van der Waals surface area (Å²) in [4.78, 5) is 0. The topological polar surface area (TPSA) is 48.0 Å². The maximum absolute atomic E-state index is 5.19. The van der Waals surface area contributed by atoms with E-state index >= 15 is 0 Å². The van der Waals surface area contributed by atoms with Crippen LogP contribution in [0.1, 0.15) is 0 Å². The molecule has 29 valence electrons. The third kappa shape index (κ3) is 0.412. The molecular formula is C3H7N2. The van der Waals surface area contributed by atoms with E-state index in [1.165, 1.54) is 0 Å². The molecule has 0 spiro atoms. The summed E-state index contributed by atoms with van der Waals surface area (Å²) < 4.78 is 0. The molecule has 0 aromatic carbocycles. The van der Waals surface area contributed by atoms with Crippen LogP contribution >= 0.6 is 0 Å². The van der Waals surface area contributed by atoms with Crippen molar-refractivity contribution in [1.29, 1.82) is 0 Å². The first kappa shape index (κ1) is 3.12. The zero-order valence-corrected chi connectivity index (χ0v) is 2.94. The van der Waals surface area contributed by atoms with Crippen LogP contribution in [0.4, 0.5) is 0 Å². The Labute approximate surface area is 31.4 Å². The van der Waals surface area contributed by atoms with Gasteiger partial charge in [-0.05, 0) is 6.92 Å². The zero-order valence-electron chi connectivity index (χ0n) is 2.94. The Morgan fingerprint density at radius 1 is 1.80 bits per heavy atom. The van der Waals surface area contributed by atoms with Crippen molar-refractivity contribution in [2.24, 2.45) is 5.73 Å². The molecule has 1 fully saturated rings. The minimum Gasteiger partial charge on any atom is -0.315 e. The van der Waals surface area contributed by atoms with Gasteiger partial charge in [0, 0.05) is 6.04 Å². The molecule has 0 amide bonds. The molecule has 0 aromatic rings. The van der Waals surface area contributed by atoms with Crippen LogP contribution in [-0.2, 0) is 0 Å². The third-order valence-corrected chi connectivity index (χ3v) is 0.731. The van der Waals surface area contributed by atoms with E-state index in [1.807, 2.05) is 0 Å². The second kappa shape index (κ2) is 0.698. The van der Waals surface area contributed by atoms with Gasteiger partial charge in [0.15, 0.2) is 0 Å². The first-order valence-corrected chi connectivity index (χ1v) is 1.65. The standard InChI is InChI=1S/C3H7N2/c1-2-3(4)5-2/h2-3,5H,1,4H2. The fourth-order valence-electron chi connectivity index (χ4n) is 0.192. The van der Waals surface area contributed by atoms with Crippen LogP contribution in [0.2, 0.25) is 0 Å². The lowest BCUT2D eigenvalue weighted by molar-refractivity contribution is 1.02. The van der Waals surface area contributed by atoms with Crippen molar-refractivity contribution in [3.8, 4) is 0 Å². The van der Waals surface area contributed by atoms with Crippen molar-refractivity contribution in [2.45, 2.75) is 12.2 Å². The highest BCUT2D eigenvalue weighted by molar-refractivity contribution is 4.94. The Hall–Kier alpha value is -0.0800. The van der Waals surface area contributed by atoms with Crippen LogP contribution in [-0.4, -0.2) is 12.2 Å². The fraction of sp³-hybridized carbons (Fsp3) is 0.667. The van der Waals surface area contributed by atoms with Crippen LogP contribution in [0, 0.1) is 6.92 Å². The maximum atomic E-state index is 5.19. The number of hydrogen-bond acceptors (Lipinski definition) is 2. The van der Waals surface area contributed by atoms with Gasteiger partial charge in [-0.2, -0.15) is 0 Å². The average molecular weight is 71.1 g/mol. The largest absolute Gasteiger partial charge is 0.315 e. The van der Waals surface area contributed by atoms with Gasteiger partial charge in [0.25, 0.3) is 0 Å². The van der Waals surface area contributed by atoms with Gasteiger partial charge in [-0.3, -0.25) is 5.32 Å². The Morgan fingerprint density at radius 3 is 2.00 bits per heavy atom. The van der Waals surface area contributed by atoms with Gasteiger partial charge in [0.05, 0.1) is 6.17 Å². The number of rotatable bonds is 0. The van der Waals surface area contributed by atoms with Crippen molar-refractivity contribution >= 4 is 0 Å². The molecular weight excluding hydrogens is 64.0 g/mol. The van der Waals surface area contributed by atoms with Gasteiger partial charge in [-0.15, -0.1) is 0 Å². The Bertz CT molecular complexity index is 38.2. The summed E-state index contributed by atoms with van der Waals surface area (Å²) >= 11 is 0. The van der Waals surface area contributed by atoms with Crippen molar-refractivity contribution in [3.63, 3.8) is 0 Å². The fourth-order valence-corrected chi connectivity index (χ4v) is 0.192. The summed E-state index contributed by atoms with van der Waals surface area (Å²) in [6.07, 6.45) is 0.190. The smallest absolute Gasteiger partial charge is 0.0708 e. The van der Waals surface area contributed by atoms with E-state index in [0.29, 0.717) is 6.04 Å². The van der Waals surface area contributed by atoms with Crippen molar-refractivity contribution in [3.05, 3.63) is 6.92 Å². The molecule has 1 saturated heterocycles. The van der Waals surface area contributed by atoms with Crippen molar-refractivity contribution in [1.82, 2.24) is 5.32 Å². The third-order valence-electron chi connectivity index (χ3n) is 0.731. The first-order valence-electron chi connectivity index (χ1n) is 1.65. The number of nitrogens with two attached hydrogens (primary N) is 1. The number of nitrogens with one attached hydrogen (secondary N) is 1. The molecule has 2 nitrogen and oxygen atoms in total. The predicted octanol–water partition coefficient (Wildman–Crippen LogP) is -0.923. The minimum absolute atomic E-state index is 0.190. The molecule has 1 heterocycles. The lowest BCUT2D eigenvalue weighted by Gasteiger charge is -1.64. The summed E-state index contributed by atoms with van der Waals surface area (Å²) in [6.45, 7) is 3.59. The average Bonchev–Trinajstić information content (AvgIpc) is 1.79. The van der Waals surface area contributed by atoms with Crippen LogP contribution in [0.25, 0.3) is 0 Å². The molecule has 1 radical (unpaired) electrons. The molecule has 0 saturated carbocycles. The molecule has 1 aliphatic rings. The van der Waals surface area contributed by atoms with Crippen LogP contribution in [0.5, 0.6) is 0 Å². The normalized spacial score (nSPS) is 49.2. The van der Waals surface area contributed by atoms with E-state index in [0.717, 1.165) is 0 Å². The van der Waals surface area contributed by atoms with Crippen LogP contribution < -0.4 is 11.1 Å². The lowest BCUT2D eigenvalue weighted by atomic mass is 10.5. The molecule has 0 aliphatic carbocycles. The Balaban J connectivity index is 2.20. The molecule has 0 aromatic heterocycles. The summed E-state index contributed by atoms with van der Waals surface area (Å²) in [5, 5.41) is 2.86. The van der Waals surface area contributed by atoms with Crippen molar-refractivity contribution in [2.75, 3.05) is 0 Å². The van der Waals surface area contributed by atoms with Gasteiger partial charge in [0.2, 0.25) is 0 Å². The van der Waals surface area contributed by atoms with E-state index in [4.69, 9.17) is 5.73 Å². The van der Waals surface area contributed by atoms with E-state index in [2.05, 4.69) is 12.2 Å². The maximum Gasteiger partial charge on any atom is 0.0708 e. The van der Waals surface area contributed by atoms with Gasteiger partial charge in [0.1, 0.15) is 0 Å². The quantitative estimate of drug-likeness (QED) is 0.363. The lowest BCUT2D eigenvalue weighted by Crippen LogP contribution is -2.04. The number of hydrogen-bond donors (Lipinski definition) is 2. The zero-order chi connectivity index (χ0) is 3.86. The highest BCUT2D eigenvalue weighted by atomic mass is 15.2. The van der Waals surface area contributed by atoms with Gasteiger partial charge in [-0.25, -0.2) is 0 Å². The van der Waals surface area contributed by atoms with Crippen LogP contribution in [0.3, 0.4) is 0 Å². The molecule has 5 heavy (non-hydrogen) atoms. The Kier molecular flexibility index (Phi) is 0.436. The SMILES string of the molecule is [CH2]C1NC1N. The van der Waals surface area contributed by atoms with Crippen LogP contribution in [0.15, 0.2) is 0 Å². The molecule has 2 heteroatoms. The summed E-state index contributed by atoms with van der Waals surface area (Å²) in [7, 11) is 0.